The summed E-state index contributed by atoms with van der Waals surface area (Å²) in [5.74, 6) is 1.39. The molecule has 2 aliphatic heterocycles. The summed E-state index contributed by atoms with van der Waals surface area (Å²) < 4.78 is 11.4. The van der Waals surface area contributed by atoms with E-state index in [1.165, 1.54) is 0 Å². The highest BCUT2D eigenvalue weighted by Crippen LogP contribution is 2.18. The van der Waals surface area contributed by atoms with Crippen LogP contribution in [0.1, 0.15) is 33.6 Å². The number of piperazine rings is 1. The van der Waals surface area contributed by atoms with Crippen LogP contribution >= 0.6 is 0 Å². The van der Waals surface area contributed by atoms with E-state index < -0.39 is 5.60 Å². The summed E-state index contributed by atoms with van der Waals surface area (Å²) in [6.07, 6.45) is 5.48. The van der Waals surface area contributed by atoms with Crippen molar-refractivity contribution in [2.75, 3.05) is 44.2 Å². The Kier molecular flexibility index (Phi) is 5.80. The molecule has 0 aliphatic carbocycles. The first kappa shape index (κ1) is 18.7. The summed E-state index contributed by atoms with van der Waals surface area (Å²) in [5, 5.41) is 3.32. The highest BCUT2D eigenvalue weighted by Gasteiger charge is 2.26. The minimum atomic E-state index is -0.471. The Morgan fingerprint density at radius 1 is 1.12 bits per heavy atom. The van der Waals surface area contributed by atoms with Crippen LogP contribution in [0.5, 0.6) is 5.75 Å². The molecule has 3 rings (SSSR count). The summed E-state index contributed by atoms with van der Waals surface area (Å²) in [6.45, 7) is 10.2. The van der Waals surface area contributed by atoms with E-state index in [-0.39, 0.29) is 12.2 Å². The second-order valence-corrected chi connectivity index (χ2v) is 7.74. The van der Waals surface area contributed by atoms with Crippen LogP contribution in [0.2, 0.25) is 0 Å². The largest absolute Gasteiger partial charge is 0.487 e. The van der Waals surface area contributed by atoms with Gasteiger partial charge in [0.2, 0.25) is 5.95 Å². The van der Waals surface area contributed by atoms with Gasteiger partial charge in [-0.25, -0.2) is 14.8 Å². The van der Waals surface area contributed by atoms with Gasteiger partial charge in [-0.05, 0) is 46.7 Å². The summed E-state index contributed by atoms with van der Waals surface area (Å²) in [4.78, 5) is 24.8. The average molecular weight is 363 g/mol. The number of carbonyl (C=O) groups excluding carboxylic acids is 1. The Hall–Kier alpha value is -2.09. The van der Waals surface area contributed by atoms with Gasteiger partial charge in [-0.3, -0.25) is 0 Å². The number of nitrogens with zero attached hydrogens (tertiary/aromatic N) is 4. The van der Waals surface area contributed by atoms with Gasteiger partial charge in [-0.2, -0.15) is 0 Å². The van der Waals surface area contributed by atoms with Crippen molar-refractivity contribution in [3.63, 3.8) is 0 Å². The minimum Gasteiger partial charge on any atom is -0.487 e. The number of hydrogen-bond acceptors (Lipinski definition) is 7. The molecular weight excluding hydrogens is 334 g/mol. The fourth-order valence-corrected chi connectivity index (χ4v) is 3.05. The van der Waals surface area contributed by atoms with E-state index in [4.69, 9.17) is 9.47 Å². The minimum absolute atomic E-state index is 0.239. The van der Waals surface area contributed by atoms with Crippen LogP contribution in [0.25, 0.3) is 0 Å². The summed E-state index contributed by atoms with van der Waals surface area (Å²) in [7, 11) is 0. The van der Waals surface area contributed by atoms with Crippen molar-refractivity contribution in [1.82, 2.24) is 20.2 Å². The van der Waals surface area contributed by atoms with Crippen molar-refractivity contribution < 1.29 is 14.3 Å². The quantitative estimate of drug-likeness (QED) is 0.875. The molecule has 144 valence electrons. The van der Waals surface area contributed by atoms with E-state index in [9.17, 15) is 4.79 Å². The highest BCUT2D eigenvalue weighted by atomic mass is 16.6. The topological polar surface area (TPSA) is 79.8 Å². The number of nitrogens with one attached hydrogen (secondary N) is 1. The van der Waals surface area contributed by atoms with Crippen LogP contribution < -0.4 is 15.0 Å². The Balaban J connectivity index is 1.49. The van der Waals surface area contributed by atoms with Gasteiger partial charge < -0.3 is 24.6 Å². The lowest BCUT2D eigenvalue weighted by atomic mass is 10.1. The second-order valence-electron chi connectivity index (χ2n) is 7.74. The summed E-state index contributed by atoms with van der Waals surface area (Å²) in [6, 6.07) is 0. The smallest absolute Gasteiger partial charge is 0.410 e. The first-order chi connectivity index (χ1) is 12.4. The lowest BCUT2D eigenvalue weighted by molar-refractivity contribution is 0.0240. The third kappa shape index (κ3) is 5.20. The zero-order chi connectivity index (χ0) is 18.6. The number of rotatable bonds is 3. The van der Waals surface area contributed by atoms with Crippen molar-refractivity contribution in [2.45, 2.75) is 45.3 Å². The molecule has 26 heavy (non-hydrogen) atoms. The van der Waals surface area contributed by atoms with E-state index in [2.05, 4.69) is 20.2 Å². The van der Waals surface area contributed by atoms with Crippen molar-refractivity contribution >= 4 is 12.0 Å². The first-order valence-electron chi connectivity index (χ1n) is 9.33. The van der Waals surface area contributed by atoms with E-state index in [0.717, 1.165) is 25.9 Å². The Morgan fingerprint density at radius 3 is 2.31 bits per heavy atom. The zero-order valence-corrected chi connectivity index (χ0v) is 15.9. The normalized spacial score (nSPS) is 19.3. The third-order valence-electron chi connectivity index (χ3n) is 4.42. The number of carbonyl (C=O) groups is 1. The number of piperidine rings is 1. The third-order valence-corrected chi connectivity index (χ3v) is 4.42. The standard InChI is InChI=1S/C18H29N5O3/c1-18(2,3)26-17(24)23-10-8-22(9-11-23)16-20-12-15(13-21-16)25-14-4-6-19-7-5-14/h12-14,19H,4-11H2,1-3H3. The lowest BCUT2D eigenvalue weighted by Crippen LogP contribution is -2.50. The molecule has 1 amide bonds. The molecule has 8 nitrogen and oxygen atoms in total. The molecule has 0 aromatic carbocycles. The van der Waals surface area contributed by atoms with Crippen LogP contribution in [0.15, 0.2) is 12.4 Å². The van der Waals surface area contributed by atoms with Gasteiger partial charge in [0, 0.05) is 26.2 Å². The molecular formula is C18H29N5O3. The molecule has 1 aromatic rings. The molecule has 1 N–H and O–H groups in total. The number of hydrogen-bond donors (Lipinski definition) is 1. The van der Waals surface area contributed by atoms with Gasteiger partial charge in [-0.1, -0.05) is 0 Å². The Labute approximate surface area is 154 Å². The monoisotopic (exact) mass is 363 g/mol. The molecule has 0 atom stereocenters. The maximum absolute atomic E-state index is 12.1. The molecule has 1 aromatic heterocycles. The van der Waals surface area contributed by atoms with Gasteiger partial charge in [-0.15, -0.1) is 0 Å². The first-order valence-corrected chi connectivity index (χ1v) is 9.33. The van der Waals surface area contributed by atoms with E-state index >= 15 is 0 Å². The van der Waals surface area contributed by atoms with Crippen LogP contribution in [-0.2, 0) is 4.74 Å². The molecule has 2 saturated heterocycles. The van der Waals surface area contributed by atoms with Crippen LogP contribution in [-0.4, -0.2) is 71.9 Å². The Morgan fingerprint density at radius 2 is 1.73 bits per heavy atom. The summed E-state index contributed by atoms with van der Waals surface area (Å²) in [5.41, 5.74) is -0.471. The zero-order valence-electron chi connectivity index (χ0n) is 15.9. The molecule has 0 unspecified atom stereocenters. The van der Waals surface area contributed by atoms with Crippen molar-refractivity contribution in [3.05, 3.63) is 12.4 Å². The fourth-order valence-electron chi connectivity index (χ4n) is 3.05. The van der Waals surface area contributed by atoms with Crippen LogP contribution in [0, 0.1) is 0 Å². The van der Waals surface area contributed by atoms with Crippen molar-refractivity contribution in [2.24, 2.45) is 0 Å². The van der Waals surface area contributed by atoms with E-state index in [0.29, 0.717) is 37.9 Å². The van der Waals surface area contributed by atoms with E-state index in [1.807, 2.05) is 20.8 Å². The van der Waals surface area contributed by atoms with E-state index in [1.54, 1.807) is 17.3 Å². The number of ether oxygens (including phenoxy) is 2. The lowest BCUT2D eigenvalue weighted by Gasteiger charge is -2.35. The average Bonchev–Trinajstić information content (AvgIpc) is 2.62. The predicted molar refractivity (Wildman–Crippen MR) is 98.6 cm³/mol. The maximum Gasteiger partial charge on any atom is 0.410 e. The van der Waals surface area contributed by atoms with Crippen LogP contribution in [0.4, 0.5) is 10.7 Å². The van der Waals surface area contributed by atoms with Gasteiger partial charge in [0.05, 0.1) is 12.4 Å². The van der Waals surface area contributed by atoms with Crippen molar-refractivity contribution in [1.29, 1.82) is 0 Å². The molecule has 0 spiro atoms. The van der Waals surface area contributed by atoms with Gasteiger partial charge in [0.1, 0.15) is 11.7 Å². The molecule has 0 bridgehead atoms. The number of aromatic nitrogens is 2. The molecule has 2 aliphatic rings. The molecule has 8 heteroatoms. The van der Waals surface area contributed by atoms with Gasteiger partial charge in [0.15, 0.2) is 5.75 Å². The van der Waals surface area contributed by atoms with Gasteiger partial charge >= 0.3 is 6.09 Å². The predicted octanol–water partition coefficient (Wildman–Crippen LogP) is 1.66. The van der Waals surface area contributed by atoms with Gasteiger partial charge in [0.25, 0.3) is 0 Å². The Bertz CT molecular complexity index is 588. The van der Waals surface area contributed by atoms with Crippen molar-refractivity contribution in [3.8, 4) is 5.75 Å². The molecule has 0 radical (unpaired) electrons. The second kappa shape index (κ2) is 8.07. The fraction of sp³-hybridized carbons (Fsp3) is 0.722. The highest BCUT2D eigenvalue weighted by molar-refractivity contribution is 5.68. The number of anilines is 1. The molecule has 0 saturated carbocycles. The SMILES string of the molecule is CC(C)(C)OC(=O)N1CCN(c2ncc(OC3CCNCC3)cn2)CC1. The number of amides is 1. The van der Waals surface area contributed by atoms with Crippen LogP contribution in [0.3, 0.4) is 0 Å². The molecule has 2 fully saturated rings. The summed E-state index contributed by atoms with van der Waals surface area (Å²) >= 11 is 0. The maximum atomic E-state index is 12.1. The molecule has 3 heterocycles.